The van der Waals surface area contributed by atoms with Crippen molar-refractivity contribution in [3.05, 3.63) is 57.6 Å². The van der Waals surface area contributed by atoms with Crippen molar-refractivity contribution in [3.8, 4) is 0 Å². The van der Waals surface area contributed by atoms with E-state index in [4.69, 9.17) is 23.2 Å². The molecule has 2 aromatic rings. The van der Waals surface area contributed by atoms with E-state index in [-0.39, 0.29) is 11.6 Å². The molecule has 1 atom stereocenters. The molecule has 1 aromatic heterocycles. The lowest BCUT2D eigenvalue weighted by molar-refractivity contribution is 0.0937. The Morgan fingerprint density at radius 3 is 2.68 bits per heavy atom. The monoisotopic (exact) mass is 339 g/mol. The quantitative estimate of drug-likeness (QED) is 0.878. The van der Waals surface area contributed by atoms with Crippen molar-refractivity contribution in [3.63, 3.8) is 0 Å². The van der Waals surface area contributed by atoms with Gasteiger partial charge in [-0.15, -0.1) is 0 Å². The normalized spacial score (nSPS) is 12.0. The van der Waals surface area contributed by atoms with Crippen LogP contribution in [-0.4, -0.2) is 27.5 Å². The first-order valence-electron chi connectivity index (χ1n) is 6.67. The number of aliphatic hydroxyl groups is 1. The summed E-state index contributed by atoms with van der Waals surface area (Å²) in [5, 5.41) is 13.6. The number of carbonyl (C=O) groups excluding carboxylic acids is 1. The minimum absolute atomic E-state index is 0.245. The Hall–Kier alpha value is -1.69. The number of nitrogens with zero attached hydrogens (tertiary/aromatic N) is 2. The van der Waals surface area contributed by atoms with Crippen LogP contribution in [-0.2, 0) is 0 Å². The van der Waals surface area contributed by atoms with Crippen LogP contribution in [0.5, 0.6) is 0 Å². The average molecular weight is 340 g/mol. The zero-order valence-corrected chi connectivity index (χ0v) is 13.4. The van der Waals surface area contributed by atoms with Gasteiger partial charge in [-0.05, 0) is 31.0 Å². The van der Waals surface area contributed by atoms with Gasteiger partial charge < -0.3 is 10.4 Å². The summed E-state index contributed by atoms with van der Waals surface area (Å²) in [6.45, 7) is 2.10. The largest absolute Gasteiger partial charge is 0.388 e. The maximum atomic E-state index is 11.8. The average Bonchev–Trinajstić information content (AvgIpc) is 2.50. The topological polar surface area (TPSA) is 75.1 Å². The fraction of sp³-hybridized carbons (Fsp3) is 0.267. The summed E-state index contributed by atoms with van der Waals surface area (Å²) in [5.74, 6) is -0.325. The van der Waals surface area contributed by atoms with Gasteiger partial charge in [0, 0.05) is 12.7 Å². The Bertz CT molecular complexity index is 662. The molecule has 0 spiro atoms. The highest BCUT2D eigenvalue weighted by atomic mass is 35.5. The Balaban J connectivity index is 1.86. The van der Waals surface area contributed by atoms with Gasteiger partial charge in [0.2, 0.25) is 0 Å². The van der Waals surface area contributed by atoms with Gasteiger partial charge >= 0.3 is 0 Å². The zero-order valence-electron chi connectivity index (χ0n) is 11.9. The van der Waals surface area contributed by atoms with Gasteiger partial charge in [-0.25, -0.2) is 4.98 Å². The fourth-order valence-corrected chi connectivity index (χ4v) is 2.12. The molecule has 0 radical (unpaired) electrons. The van der Waals surface area contributed by atoms with Crippen molar-refractivity contribution in [2.24, 2.45) is 0 Å². The SMILES string of the molecule is Cc1cnc(C(=O)NCC[C@H](O)c2ccc(Cl)c(Cl)c2)cn1. The number of hydrogen-bond donors (Lipinski definition) is 2. The first-order valence-corrected chi connectivity index (χ1v) is 7.43. The van der Waals surface area contributed by atoms with E-state index < -0.39 is 6.10 Å². The van der Waals surface area contributed by atoms with Gasteiger partial charge in [-0.3, -0.25) is 9.78 Å². The first-order chi connectivity index (χ1) is 10.5. The Morgan fingerprint density at radius 2 is 2.05 bits per heavy atom. The minimum Gasteiger partial charge on any atom is -0.388 e. The molecule has 0 bridgehead atoms. The van der Waals surface area contributed by atoms with E-state index >= 15 is 0 Å². The summed E-state index contributed by atoms with van der Waals surface area (Å²) < 4.78 is 0. The number of carbonyl (C=O) groups is 1. The number of aliphatic hydroxyl groups excluding tert-OH is 1. The number of amides is 1. The van der Waals surface area contributed by atoms with Crippen LogP contribution in [0.3, 0.4) is 0 Å². The van der Waals surface area contributed by atoms with Gasteiger partial charge in [-0.2, -0.15) is 0 Å². The van der Waals surface area contributed by atoms with Crippen LogP contribution in [0.15, 0.2) is 30.6 Å². The molecule has 0 aliphatic heterocycles. The van der Waals surface area contributed by atoms with E-state index in [1.165, 1.54) is 12.4 Å². The highest BCUT2D eigenvalue weighted by molar-refractivity contribution is 6.42. The smallest absolute Gasteiger partial charge is 0.271 e. The second-order valence-corrected chi connectivity index (χ2v) is 5.59. The maximum Gasteiger partial charge on any atom is 0.271 e. The number of aryl methyl sites for hydroxylation is 1. The second kappa shape index (κ2) is 7.54. The van der Waals surface area contributed by atoms with Crippen LogP contribution in [0.4, 0.5) is 0 Å². The lowest BCUT2D eigenvalue weighted by atomic mass is 10.1. The van der Waals surface area contributed by atoms with Crippen molar-refractivity contribution < 1.29 is 9.90 Å². The summed E-state index contributed by atoms with van der Waals surface area (Å²) in [5.41, 5.74) is 1.64. The van der Waals surface area contributed by atoms with Crippen LogP contribution in [0.1, 0.15) is 34.3 Å². The molecule has 0 saturated carbocycles. The van der Waals surface area contributed by atoms with E-state index in [1.54, 1.807) is 25.1 Å². The summed E-state index contributed by atoms with van der Waals surface area (Å²) in [7, 11) is 0. The third kappa shape index (κ3) is 4.40. The number of rotatable bonds is 5. The molecule has 0 fully saturated rings. The zero-order chi connectivity index (χ0) is 16.1. The maximum absolute atomic E-state index is 11.8. The fourth-order valence-electron chi connectivity index (χ4n) is 1.81. The molecule has 22 heavy (non-hydrogen) atoms. The summed E-state index contributed by atoms with van der Waals surface area (Å²) in [6, 6.07) is 4.94. The van der Waals surface area contributed by atoms with E-state index in [0.29, 0.717) is 28.6 Å². The number of hydrogen-bond acceptors (Lipinski definition) is 4. The van der Waals surface area contributed by atoms with E-state index in [1.807, 2.05) is 0 Å². The minimum atomic E-state index is -0.737. The third-order valence-electron chi connectivity index (χ3n) is 3.05. The van der Waals surface area contributed by atoms with Crippen LogP contribution >= 0.6 is 23.2 Å². The van der Waals surface area contributed by atoms with Crippen molar-refractivity contribution in [1.29, 1.82) is 0 Å². The lowest BCUT2D eigenvalue weighted by Gasteiger charge is -2.12. The molecule has 0 aliphatic rings. The molecular weight excluding hydrogens is 325 g/mol. The van der Waals surface area contributed by atoms with Crippen LogP contribution in [0, 0.1) is 6.92 Å². The van der Waals surface area contributed by atoms with Crippen molar-refractivity contribution in [2.45, 2.75) is 19.4 Å². The Morgan fingerprint density at radius 1 is 1.27 bits per heavy atom. The van der Waals surface area contributed by atoms with Gasteiger partial charge in [0.15, 0.2) is 0 Å². The number of nitrogens with one attached hydrogen (secondary N) is 1. The highest BCUT2D eigenvalue weighted by Crippen LogP contribution is 2.26. The molecule has 5 nitrogen and oxygen atoms in total. The first kappa shape index (κ1) is 16.7. The molecule has 1 amide bonds. The van der Waals surface area contributed by atoms with Crippen molar-refractivity contribution >= 4 is 29.1 Å². The molecule has 2 rings (SSSR count). The molecule has 0 unspecified atom stereocenters. The van der Waals surface area contributed by atoms with Gasteiger partial charge in [0.05, 0.1) is 28.0 Å². The molecule has 1 heterocycles. The second-order valence-electron chi connectivity index (χ2n) is 4.78. The van der Waals surface area contributed by atoms with Gasteiger partial charge in [0.1, 0.15) is 5.69 Å². The number of aromatic nitrogens is 2. The molecule has 0 saturated heterocycles. The highest BCUT2D eigenvalue weighted by Gasteiger charge is 2.11. The van der Waals surface area contributed by atoms with Crippen molar-refractivity contribution in [2.75, 3.05) is 6.54 Å². The molecule has 1 aromatic carbocycles. The van der Waals surface area contributed by atoms with Crippen LogP contribution in [0.2, 0.25) is 10.0 Å². The van der Waals surface area contributed by atoms with Crippen molar-refractivity contribution in [1.82, 2.24) is 15.3 Å². The lowest BCUT2D eigenvalue weighted by Crippen LogP contribution is -2.26. The molecule has 116 valence electrons. The number of halogens is 2. The standard InChI is InChI=1S/C15H15Cl2N3O2/c1-9-7-20-13(8-19-9)15(22)18-5-4-14(21)10-2-3-11(16)12(17)6-10/h2-3,6-8,14,21H,4-5H2,1H3,(H,18,22)/t14-/m0/s1. The Kier molecular flexibility index (Phi) is 5.71. The summed E-state index contributed by atoms with van der Waals surface area (Å²) in [6.07, 6.45) is 2.56. The van der Waals surface area contributed by atoms with Crippen LogP contribution < -0.4 is 5.32 Å². The van der Waals surface area contributed by atoms with E-state index in [9.17, 15) is 9.90 Å². The van der Waals surface area contributed by atoms with E-state index in [2.05, 4.69) is 15.3 Å². The molecule has 0 aliphatic carbocycles. The third-order valence-corrected chi connectivity index (χ3v) is 3.78. The van der Waals surface area contributed by atoms with E-state index in [0.717, 1.165) is 5.69 Å². The van der Waals surface area contributed by atoms with Gasteiger partial charge in [-0.1, -0.05) is 29.3 Å². The van der Waals surface area contributed by atoms with Crippen LogP contribution in [0.25, 0.3) is 0 Å². The molecular formula is C15H15Cl2N3O2. The number of benzene rings is 1. The molecule has 2 N–H and O–H groups in total. The van der Waals surface area contributed by atoms with Gasteiger partial charge in [0.25, 0.3) is 5.91 Å². The summed E-state index contributed by atoms with van der Waals surface area (Å²) >= 11 is 11.7. The predicted octanol–water partition coefficient (Wildman–Crippen LogP) is 2.95. The predicted molar refractivity (Wildman–Crippen MR) is 85.1 cm³/mol. The summed E-state index contributed by atoms with van der Waals surface area (Å²) in [4.78, 5) is 19.8. The Labute approximate surface area is 138 Å². The molecule has 7 heteroatoms.